The second-order valence-corrected chi connectivity index (χ2v) is 7.98. The molecule has 4 rings (SSSR count). The maximum atomic E-state index is 13.0. The summed E-state index contributed by atoms with van der Waals surface area (Å²) in [4.78, 5) is 14.7. The number of methoxy groups -OCH3 is 1. The summed E-state index contributed by atoms with van der Waals surface area (Å²) < 4.78 is 11.7. The highest BCUT2D eigenvalue weighted by Gasteiger charge is 2.34. The fourth-order valence-electron chi connectivity index (χ4n) is 4.47. The number of carbonyl (C=O) groups is 1. The van der Waals surface area contributed by atoms with E-state index in [2.05, 4.69) is 12.2 Å². The van der Waals surface area contributed by atoms with Gasteiger partial charge in [0.15, 0.2) is 11.5 Å². The van der Waals surface area contributed by atoms with E-state index in [1.54, 1.807) is 37.3 Å². The Hall–Kier alpha value is -2.47. The first-order chi connectivity index (χ1) is 13.5. The van der Waals surface area contributed by atoms with E-state index in [0.29, 0.717) is 28.9 Å². The fourth-order valence-corrected chi connectivity index (χ4v) is 4.47. The van der Waals surface area contributed by atoms with Crippen molar-refractivity contribution >= 4 is 5.91 Å². The van der Waals surface area contributed by atoms with E-state index >= 15 is 0 Å². The molecule has 1 heterocycles. The lowest BCUT2D eigenvalue weighted by molar-refractivity contribution is 0.0823. The molecule has 1 unspecified atom stereocenters. The van der Waals surface area contributed by atoms with Gasteiger partial charge in [0.25, 0.3) is 5.91 Å². The van der Waals surface area contributed by atoms with Crippen LogP contribution in [0, 0.1) is 5.92 Å². The molecule has 1 amide bonds. The second-order valence-electron chi connectivity index (χ2n) is 7.98. The third-order valence-electron chi connectivity index (χ3n) is 5.94. The molecule has 150 valence electrons. The SMILES string of the molecule is COc1cccc2c1OC1=C(C(C)CC(NC3CCC(O)CC3)=C1)N(C)C2=O. The van der Waals surface area contributed by atoms with Crippen LogP contribution in [0.15, 0.2) is 41.4 Å². The molecule has 0 radical (unpaired) electrons. The summed E-state index contributed by atoms with van der Waals surface area (Å²) in [6, 6.07) is 5.76. The molecule has 6 heteroatoms. The van der Waals surface area contributed by atoms with Gasteiger partial charge in [-0.2, -0.15) is 0 Å². The Morgan fingerprint density at radius 3 is 2.71 bits per heavy atom. The van der Waals surface area contributed by atoms with Crippen molar-refractivity contribution in [3.63, 3.8) is 0 Å². The van der Waals surface area contributed by atoms with Crippen molar-refractivity contribution in [3.05, 3.63) is 47.0 Å². The van der Waals surface area contributed by atoms with Crippen molar-refractivity contribution in [2.24, 2.45) is 5.92 Å². The summed E-state index contributed by atoms with van der Waals surface area (Å²) in [6.07, 6.45) is 6.29. The minimum absolute atomic E-state index is 0.0863. The number of fused-ring (bicyclic) bond motifs is 1. The van der Waals surface area contributed by atoms with Crippen molar-refractivity contribution in [1.29, 1.82) is 0 Å². The number of nitrogens with zero attached hydrogens (tertiary/aromatic N) is 1. The molecule has 2 N–H and O–H groups in total. The van der Waals surface area contributed by atoms with E-state index in [4.69, 9.17) is 9.47 Å². The largest absolute Gasteiger partial charge is 0.493 e. The van der Waals surface area contributed by atoms with Crippen LogP contribution < -0.4 is 14.8 Å². The van der Waals surface area contributed by atoms with Crippen LogP contribution in [0.1, 0.15) is 49.4 Å². The van der Waals surface area contributed by atoms with Gasteiger partial charge >= 0.3 is 0 Å². The van der Waals surface area contributed by atoms with Crippen molar-refractivity contribution in [2.75, 3.05) is 14.2 Å². The Morgan fingerprint density at radius 2 is 2.00 bits per heavy atom. The zero-order valence-corrected chi connectivity index (χ0v) is 16.7. The Kier molecular flexibility index (Phi) is 5.06. The lowest BCUT2D eigenvalue weighted by Gasteiger charge is -2.33. The molecule has 0 bridgehead atoms. The summed E-state index contributed by atoms with van der Waals surface area (Å²) in [5.74, 6) is 1.77. The number of para-hydroxylation sites is 1. The van der Waals surface area contributed by atoms with E-state index in [1.807, 2.05) is 6.08 Å². The normalized spacial score (nSPS) is 27.3. The Bertz CT molecular complexity index is 837. The van der Waals surface area contributed by atoms with Crippen LogP contribution in [-0.2, 0) is 0 Å². The van der Waals surface area contributed by atoms with E-state index < -0.39 is 0 Å². The number of amides is 1. The van der Waals surface area contributed by atoms with Crippen LogP contribution in [0.2, 0.25) is 0 Å². The van der Waals surface area contributed by atoms with Gasteiger partial charge in [0, 0.05) is 30.8 Å². The van der Waals surface area contributed by atoms with E-state index in [9.17, 15) is 9.90 Å². The number of hydrogen-bond donors (Lipinski definition) is 2. The van der Waals surface area contributed by atoms with Crippen LogP contribution in [0.25, 0.3) is 0 Å². The van der Waals surface area contributed by atoms with Gasteiger partial charge in [0.2, 0.25) is 0 Å². The van der Waals surface area contributed by atoms with Gasteiger partial charge in [-0.3, -0.25) is 4.79 Å². The van der Waals surface area contributed by atoms with Gasteiger partial charge in [0.05, 0.1) is 24.5 Å². The molecule has 1 aromatic carbocycles. The Morgan fingerprint density at radius 1 is 1.25 bits per heavy atom. The summed E-state index contributed by atoms with van der Waals surface area (Å²) in [7, 11) is 3.39. The van der Waals surface area contributed by atoms with Crippen LogP contribution in [-0.4, -0.2) is 42.2 Å². The van der Waals surface area contributed by atoms with Crippen molar-refractivity contribution in [2.45, 2.75) is 51.2 Å². The number of aliphatic hydroxyl groups excluding tert-OH is 1. The standard InChI is InChI=1S/C22H28N2O4/c1-13-11-15(23-14-7-9-16(25)10-8-14)12-19-20(13)24(2)22(26)17-5-4-6-18(27-3)21(17)28-19/h4-6,12-14,16,23,25H,7-11H2,1-3H3. The molecule has 28 heavy (non-hydrogen) atoms. The zero-order chi connectivity index (χ0) is 19.8. The van der Waals surface area contributed by atoms with Crippen LogP contribution in [0.5, 0.6) is 11.5 Å². The molecule has 2 aliphatic carbocycles. The summed E-state index contributed by atoms with van der Waals surface area (Å²) in [5, 5.41) is 13.4. The van der Waals surface area contributed by atoms with Gasteiger partial charge in [-0.1, -0.05) is 13.0 Å². The smallest absolute Gasteiger partial charge is 0.261 e. The summed E-state index contributed by atoms with van der Waals surface area (Å²) >= 11 is 0. The molecule has 1 fully saturated rings. The Labute approximate surface area is 165 Å². The zero-order valence-electron chi connectivity index (χ0n) is 16.7. The van der Waals surface area contributed by atoms with Gasteiger partial charge < -0.3 is 24.8 Å². The van der Waals surface area contributed by atoms with Crippen molar-refractivity contribution in [1.82, 2.24) is 10.2 Å². The highest BCUT2D eigenvalue weighted by Crippen LogP contribution is 2.41. The average molecular weight is 384 g/mol. The highest BCUT2D eigenvalue weighted by molar-refractivity contribution is 5.99. The number of rotatable bonds is 3. The van der Waals surface area contributed by atoms with E-state index in [0.717, 1.165) is 43.5 Å². The van der Waals surface area contributed by atoms with Gasteiger partial charge in [-0.25, -0.2) is 0 Å². The first-order valence-corrected chi connectivity index (χ1v) is 10.00. The molecule has 1 aliphatic heterocycles. The topological polar surface area (TPSA) is 71.0 Å². The van der Waals surface area contributed by atoms with Crippen LogP contribution >= 0.6 is 0 Å². The molecule has 1 aromatic rings. The maximum absolute atomic E-state index is 13.0. The molecule has 0 spiro atoms. The first kappa shape index (κ1) is 18.9. The third-order valence-corrected chi connectivity index (χ3v) is 5.94. The lowest BCUT2D eigenvalue weighted by Crippen LogP contribution is -2.37. The minimum atomic E-state index is -0.166. The van der Waals surface area contributed by atoms with Crippen LogP contribution in [0.3, 0.4) is 0 Å². The molecule has 0 saturated heterocycles. The molecular formula is C22H28N2O4. The molecule has 3 aliphatic rings. The van der Waals surface area contributed by atoms with Gasteiger partial charge in [0.1, 0.15) is 5.76 Å². The summed E-state index contributed by atoms with van der Waals surface area (Å²) in [5.41, 5.74) is 2.52. The number of ether oxygens (including phenoxy) is 2. The van der Waals surface area contributed by atoms with E-state index in [1.165, 1.54) is 0 Å². The minimum Gasteiger partial charge on any atom is -0.493 e. The number of carbonyl (C=O) groups excluding carboxylic acids is 1. The van der Waals surface area contributed by atoms with E-state index in [-0.39, 0.29) is 17.9 Å². The number of allylic oxidation sites excluding steroid dienone is 3. The average Bonchev–Trinajstić information content (AvgIpc) is 2.79. The fraction of sp³-hybridized carbons (Fsp3) is 0.500. The molecule has 1 atom stereocenters. The molecular weight excluding hydrogens is 356 g/mol. The number of aliphatic hydroxyl groups is 1. The molecule has 6 nitrogen and oxygen atoms in total. The lowest BCUT2D eigenvalue weighted by atomic mass is 9.90. The van der Waals surface area contributed by atoms with Gasteiger partial charge in [-0.05, 0) is 44.2 Å². The van der Waals surface area contributed by atoms with Crippen molar-refractivity contribution < 1.29 is 19.4 Å². The molecule has 0 aromatic heterocycles. The Balaban J connectivity index is 1.67. The summed E-state index contributed by atoms with van der Waals surface area (Å²) in [6.45, 7) is 2.12. The second kappa shape index (κ2) is 7.51. The number of nitrogens with one attached hydrogen (secondary N) is 1. The monoisotopic (exact) mass is 384 g/mol. The predicted molar refractivity (Wildman–Crippen MR) is 106 cm³/mol. The third kappa shape index (κ3) is 3.37. The van der Waals surface area contributed by atoms with Crippen LogP contribution in [0.4, 0.5) is 0 Å². The predicted octanol–water partition coefficient (Wildman–Crippen LogP) is 3.19. The first-order valence-electron chi connectivity index (χ1n) is 10.00. The highest BCUT2D eigenvalue weighted by atomic mass is 16.5. The van der Waals surface area contributed by atoms with Gasteiger partial charge in [-0.15, -0.1) is 0 Å². The quantitative estimate of drug-likeness (QED) is 0.838. The maximum Gasteiger partial charge on any atom is 0.261 e. The van der Waals surface area contributed by atoms with Crippen molar-refractivity contribution in [3.8, 4) is 11.5 Å². The number of hydrogen-bond acceptors (Lipinski definition) is 5. The number of benzene rings is 1. The molecule has 1 saturated carbocycles.